The molecule has 0 aliphatic heterocycles. The summed E-state index contributed by atoms with van der Waals surface area (Å²) in [5, 5.41) is 17.1. The summed E-state index contributed by atoms with van der Waals surface area (Å²) in [5.74, 6) is -0.0860. The van der Waals surface area contributed by atoms with Crippen LogP contribution in [0, 0.1) is 0 Å². The fourth-order valence-electron chi connectivity index (χ4n) is 5.48. The second-order valence-electron chi connectivity index (χ2n) is 12.1. The maximum Gasteiger partial charge on any atom is 0.294 e. The Morgan fingerprint density at radius 2 is 0.569 bits per heavy atom. The van der Waals surface area contributed by atoms with E-state index >= 15 is 0 Å². The van der Waals surface area contributed by atoms with Gasteiger partial charge in [-0.2, -0.15) is 33.7 Å². The van der Waals surface area contributed by atoms with Crippen molar-refractivity contribution in [2.24, 2.45) is 0 Å². The molecule has 294 valence electrons. The van der Waals surface area contributed by atoms with Crippen molar-refractivity contribution >= 4 is 40.5 Å². The van der Waals surface area contributed by atoms with E-state index in [1.165, 1.54) is 48.5 Å². The molecule has 0 saturated heterocycles. The van der Waals surface area contributed by atoms with Crippen LogP contribution in [0.4, 0.5) is 0 Å². The Bertz CT molecular complexity index is 2980. The molecular formula is C35H23N7O12S4. The van der Waals surface area contributed by atoms with E-state index in [0.29, 0.717) is 22.3 Å². The molecular weight excluding hydrogens is 839 g/mol. The second-order valence-corrected chi connectivity index (χ2v) is 17.8. The molecule has 0 spiro atoms. The van der Waals surface area contributed by atoms with Gasteiger partial charge in [-0.3, -0.25) is 18.2 Å². The zero-order valence-corrected chi connectivity index (χ0v) is 32.1. The molecule has 7 rings (SSSR count). The highest BCUT2D eigenvalue weighted by Crippen LogP contribution is 2.34. The van der Waals surface area contributed by atoms with Crippen molar-refractivity contribution < 1.29 is 51.9 Å². The van der Waals surface area contributed by atoms with E-state index < -0.39 is 50.3 Å². The fourth-order valence-corrected chi connectivity index (χ4v) is 7.40. The molecule has 0 aliphatic rings. The molecule has 0 unspecified atom stereocenters. The van der Waals surface area contributed by atoms with Gasteiger partial charge in [0, 0.05) is 22.3 Å². The summed E-state index contributed by atoms with van der Waals surface area (Å²) in [7, 11) is -18.1. The lowest BCUT2D eigenvalue weighted by atomic mass is 10.0. The minimum Gasteiger partial charge on any atom is -0.282 e. The van der Waals surface area contributed by atoms with Gasteiger partial charge in [0.2, 0.25) is 11.6 Å². The third kappa shape index (κ3) is 8.50. The second kappa shape index (κ2) is 14.9. The lowest BCUT2D eigenvalue weighted by Gasteiger charge is -2.12. The van der Waals surface area contributed by atoms with Gasteiger partial charge in [-0.05, 0) is 60.7 Å². The summed E-state index contributed by atoms with van der Waals surface area (Å²) in [6.07, 6.45) is 0. The maximum atomic E-state index is 11.7. The molecule has 3 aromatic heterocycles. The van der Waals surface area contributed by atoms with E-state index in [-0.39, 0.29) is 55.6 Å². The number of aromatic nitrogens is 7. The van der Waals surface area contributed by atoms with Gasteiger partial charge in [-0.1, -0.05) is 54.6 Å². The Balaban J connectivity index is 1.34. The monoisotopic (exact) mass is 861 g/mol. The van der Waals surface area contributed by atoms with Crippen molar-refractivity contribution in [3.63, 3.8) is 0 Å². The first-order chi connectivity index (χ1) is 27.3. The van der Waals surface area contributed by atoms with Crippen LogP contribution in [0.3, 0.4) is 0 Å². The van der Waals surface area contributed by atoms with Crippen LogP contribution in [0.2, 0.25) is 0 Å². The number of rotatable bonds is 10. The molecule has 0 atom stereocenters. The third-order valence-electron chi connectivity index (χ3n) is 8.28. The van der Waals surface area contributed by atoms with Crippen molar-refractivity contribution in [1.29, 1.82) is 0 Å². The molecule has 58 heavy (non-hydrogen) atoms. The lowest BCUT2D eigenvalue weighted by molar-refractivity contribution is 0.481. The number of benzene rings is 4. The van der Waals surface area contributed by atoms with E-state index in [4.69, 9.17) is 0 Å². The minimum absolute atomic E-state index is 0.0430. The van der Waals surface area contributed by atoms with Gasteiger partial charge in [-0.15, -0.1) is 20.4 Å². The molecule has 23 heteroatoms. The van der Waals surface area contributed by atoms with Crippen LogP contribution >= 0.6 is 0 Å². The molecule has 0 aliphatic carbocycles. The van der Waals surface area contributed by atoms with Gasteiger partial charge < -0.3 is 0 Å². The van der Waals surface area contributed by atoms with E-state index in [1.807, 2.05) is 0 Å². The number of hydrogen-bond acceptors (Lipinski definition) is 15. The van der Waals surface area contributed by atoms with Crippen LogP contribution in [0.15, 0.2) is 135 Å². The average molecular weight is 862 g/mol. The highest BCUT2D eigenvalue weighted by Gasteiger charge is 2.21. The zero-order chi connectivity index (χ0) is 41.6. The standard InChI is InChI=1S/C35H23N7O12S4/c43-55(44,45)24-12-4-20(5-13-24)30-32(22-8-16-26(17-9-22)57(49,50)51)39-41-34(37-30)28-2-1-3-29(36-28)35-38-31(21-6-14-25(15-7-21)56(46,47)48)33(40-42-35)23-10-18-27(19-11-23)58(52,53)54/h1-19H,(H,43,44,45)(H,46,47,48)(H,49,50,51)(H,52,53,54). The van der Waals surface area contributed by atoms with Crippen LogP contribution < -0.4 is 0 Å². The van der Waals surface area contributed by atoms with Gasteiger partial charge in [0.25, 0.3) is 40.5 Å². The molecule has 0 amide bonds. The van der Waals surface area contributed by atoms with E-state index in [2.05, 4.69) is 35.3 Å². The van der Waals surface area contributed by atoms with Crippen molar-refractivity contribution in [2.75, 3.05) is 0 Å². The molecule has 0 saturated carbocycles. The number of hydrogen-bond donors (Lipinski definition) is 4. The van der Waals surface area contributed by atoms with Gasteiger partial charge in [0.05, 0.1) is 19.6 Å². The number of pyridine rings is 1. The normalized spacial score (nSPS) is 12.3. The minimum atomic E-state index is -4.54. The van der Waals surface area contributed by atoms with Crippen LogP contribution in [0.1, 0.15) is 0 Å². The smallest absolute Gasteiger partial charge is 0.282 e. The first kappa shape index (κ1) is 39.9. The van der Waals surface area contributed by atoms with Crippen molar-refractivity contribution in [1.82, 2.24) is 35.3 Å². The Hall–Kier alpha value is -6.31. The van der Waals surface area contributed by atoms with Crippen molar-refractivity contribution in [3.8, 4) is 68.1 Å². The first-order valence-electron chi connectivity index (χ1n) is 16.0. The van der Waals surface area contributed by atoms with Crippen molar-refractivity contribution in [3.05, 3.63) is 115 Å². The summed E-state index contributed by atoms with van der Waals surface area (Å²) in [4.78, 5) is 12.4. The highest BCUT2D eigenvalue weighted by molar-refractivity contribution is 7.86. The van der Waals surface area contributed by atoms with Crippen LogP contribution in [-0.2, 0) is 40.5 Å². The fraction of sp³-hybridized carbons (Fsp3) is 0. The molecule has 0 fully saturated rings. The molecule has 0 bridgehead atoms. The van der Waals surface area contributed by atoms with E-state index in [0.717, 1.165) is 48.5 Å². The molecule has 4 aromatic carbocycles. The topological polar surface area (TPSA) is 308 Å². The van der Waals surface area contributed by atoms with Crippen LogP contribution in [0.25, 0.3) is 68.1 Å². The largest absolute Gasteiger partial charge is 0.294 e. The van der Waals surface area contributed by atoms with Gasteiger partial charge >= 0.3 is 0 Å². The van der Waals surface area contributed by atoms with Crippen molar-refractivity contribution in [2.45, 2.75) is 19.6 Å². The maximum absolute atomic E-state index is 11.7. The van der Waals surface area contributed by atoms with Gasteiger partial charge in [0.1, 0.15) is 34.2 Å². The Morgan fingerprint density at radius 1 is 0.310 bits per heavy atom. The summed E-state index contributed by atoms with van der Waals surface area (Å²) in [5.41, 5.74) is 2.06. The summed E-state index contributed by atoms with van der Waals surface area (Å²) in [6.45, 7) is 0. The summed E-state index contributed by atoms with van der Waals surface area (Å²) >= 11 is 0. The number of nitrogens with zero attached hydrogens (tertiary/aromatic N) is 7. The Morgan fingerprint density at radius 3 is 0.828 bits per heavy atom. The SMILES string of the molecule is O=S(=O)(O)c1ccc(-c2nnc(-c3cccc(-c4nnc(-c5ccc(S(=O)(=O)O)cc5)c(-c5ccc(S(=O)(=O)O)cc5)n4)n3)nc2-c2ccc(S(=O)(=O)O)cc2)cc1. The van der Waals surface area contributed by atoms with Crippen LogP contribution in [-0.4, -0.2) is 87.2 Å². The molecule has 3 heterocycles. The molecule has 7 aromatic rings. The zero-order valence-electron chi connectivity index (χ0n) is 28.8. The van der Waals surface area contributed by atoms with E-state index in [1.54, 1.807) is 18.2 Å². The molecule has 19 nitrogen and oxygen atoms in total. The predicted molar refractivity (Wildman–Crippen MR) is 203 cm³/mol. The third-order valence-corrected chi connectivity index (χ3v) is 11.8. The summed E-state index contributed by atoms with van der Waals surface area (Å²) < 4.78 is 131. The van der Waals surface area contributed by atoms with Crippen LogP contribution in [0.5, 0.6) is 0 Å². The van der Waals surface area contributed by atoms with Gasteiger partial charge in [-0.25, -0.2) is 15.0 Å². The quantitative estimate of drug-likeness (QED) is 0.138. The first-order valence-corrected chi connectivity index (χ1v) is 21.8. The predicted octanol–water partition coefficient (Wildman–Crippen LogP) is 4.44. The highest BCUT2D eigenvalue weighted by atomic mass is 32.2. The van der Waals surface area contributed by atoms with E-state index in [9.17, 15) is 51.9 Å². The molecule has 0 radical (unpaired) electrons. The Labute approximate surface area is 329 Å². The Kier molecular flexibility index (Phi) is 10.2. The lowest BCUT2D eigenvalue weighted by Crippen LogP contribution is -2.04. The summed E-state index contributed by atoms with van der Waals surface area (Å²) in [6, 6.07) is 24.6. The molecule has 4 N–H and O–H groups in total. The average Bonchev–Trinajstić information content (AvgIpc) is 3.19. The van der Waals surface area contributed by atoms with Gasteiger partial charge in [0.15, 0.2) is 0 Å².